The first-order chi connectivity index (χ1) is 11.0. The third-order valence-electron chi connectivity index (χ3n) is 3.28. The highest BCUT2D eigenvalue weighted by Gasteiger charge is 2.14. The van der Waals surface area contributed by atoms with Crippen LogP contribution >= 0.6 is 11.6 Å². The van der Waals surface area contributed by atoms with E-state index < -0.39 is 11.8 Å². The number of benzene rings is 2. The van der Waals surface area contributed by atoms with E-state index in [0.29, 0.717) is 22.6 Å². The van der Waals surface area contributed by atoms with Crippen LogP contribution in [0.25, 0.3) is 16.8 Å². The van der Waals surface area contributed by atoms with Crippen molar-refractivity contribution in [1.82, 2.24) is 20.2 Å². The Morgan fingerprint density at radius 3 is 2.65 bits per heavy atom. The van der Waals surface area contributed by atoms with Gasteiger partial charge in [-0.25, -0.2) is 9.18 Å². The number of hydrogen-bond acceptors (Lipinski definition) is 4. The highest BCUT2D eigenvalue weighted by molar-refractivity contribution is 6.33. The molecule has 0 bridgehead atoms. The smallest absolute Gasteiger partial charge is 0.335 e. The Bertz CT molecular complexity index is 910. The molecule has 3 rings (SSSR count). The first-order valence-corrected chi connectivity index (χ1v) is 6.92. The quantitative estimate of drug-likeness (QED) is 0.797. The maximum Gasteiger partial charge on any atom is 0.335 e. The van der Waals surface area contributed by atoms with E-state index in [1.165, 1.54) is 35.0 Å². The van der Waals surface area contributed by atoms with E-state index in [1.807, 2.05) is 0 Å². The molecule has 1 heterocycles. The number of hydrogen-bond donors (Lipinski definition) is 1. The van der Waals surface area contributed by atoms with Gasteiger partial charge < -0.3 is 5.11 Å². The number of aromatic carboxylic acids is 1. The molecule has 2 aromatic carbocycles. The lowest BCUT2D eigenvalue weighted by Gasteiger charge is -2.10. The molecule has 0 aliphatic carbocycles. The van der Waals surface area contributed by atoms with Gasteiger partial charge >= 0.3 is 5.97 Å². The van der Waals surface area contributed by atoms with E-state index in [2.05, 4.69) is 15.5 Å². The normalized spacial score (nSPS) is 10.7. The van der Waals surface area contributed by atoms with E-state index >= 15 is 0 Å². The van der Waals surface area contributed by atoms with Crippen LogP contribution in [0.15, 0.2) is 36.4 Å². The van der Waals surface area contributed by atoms with E-state index in [0.717, 1.165) is 0 Å². The van der Waals surface area contributed by atoms with Gasteiger partial charge in [-0.15, -0.1) is 5.10 Å². The third kappa shape index (κ3) is 2.91. The van der Waals surface area contributed by atoms with Crippen LogP contribution in [-0.4, -0.2) is 31.3 Å². The van der Waals surface area contributed by atoms with Crippen molar-refractivity contribution in [2.24, 2.45) is 0 Å². The number of aryl methyl sites for hydroxylation is 1. The minimum atomic E-state index is -1.10. The predicted molar refractivity (Wildman–Crippen MR) is 81.3 cm³/mol. The lowest BCUT2D eigenvalue weighted by Crippen LogP contribution is -2.04. The zero-order chi connectivity index (χ0) is 16.6. The number of halogens is 2. The van der Waals surface area contributed by atoms with Crippen molar-refractivity contribution in [1.29, 1.82) is 0 Å². The van der Waals surface area contributed by atoms with Gasteiger partial charge in [0.15, 0.2) is 5.82 Å². The van der Waals surface area contributed by atoms with Gasteiger partial charge in [-0.1, -0.05) is 11.6 Å². The summed E-state index contributed by atoms with van der Waals surface area (Å²) in [6.45, 7) is 1.69. The number of carboxylic acids is 1. The predicted octanol–water partition coefficient (Wildman–Crippen LogP) is 3.13. The molecule has 0 aliphatic heterocycles. The first-order valence-electron chi connectivity index (χ1n) is 6.55. The Labute approximate surface area is 135 Å². The minimum absolute atomic E-state index is 0.0489. The monoisotopic (exact) mass is 332 g/mol. The molecule has 0 spiro atoms. The second kappa shape index (κ2) is 5.77. The van der Waals surface area contributed by atoms with Crippen molar-refractivity contribution in [3.05, 3.63) is 58.6 Å². The van der Waals surface area contributed by atoms with Crippen LogP contribution in [0.1, 0.15) is 16.2 Å². The maximum atomic E-state index is 13.2. The molecular weight excluding hydrogens is 323 g/mol. The second-order valence-corrected chi connectivity index (χ2v) is 5.24. The second-order valence-electron chi connectivity index (χ2n) is 4.84. The number of aromatic nitrogens is 4. The molecule has 0 saturated carbocycles. The fourth-order valence-corrected chi connectivity index (χ4v) is 2.48. The third-order valence-corrected chi connectivity index (χ3v) is 3.59. The molecule has 0 fully saturated rings. The van der Waals surface area contributed by atoms with Crippen LogP contribution in [0.2, 0.25) is 5.02 Å². The van der Waals surface area contributed by atoms with Gasteiger partial charge in [0.25, 0.3) is 0 Å². The summed E-state index contributed by atoms with van der Waals surface area (Å²) < 4.78 is 14.6. The molecule has 0 atom stereocenters. The summed E-state index contributed by atoms with van der Waals surface area (Å²) in [7, 11) is 0. The maximum absolute atomic E-state index is 13.2. The average molecular weight is 333 g/mol. The largest absolute Gasteiger partial charge is 0.478 e. The molecule has 0 unspecified atom stereocenters. The van der Waals surface area contributed by atoms with E-state index in [9.17, 15) is 14.3 Å². The number of carbonyl (C=O) groups is 1. The van der Waals surface area contributed by atoms with Crippen molar-refractivity contribution in [2.75, 3.05) is 0 Å². The fourth-order valence-electron chi connectivity index (χ4n) is 2.21. The average Bonchev–Trinajstić information content (AvgIpc) is 2.93. The highest BCUT2D eigenvalue weighted by atomic mass is 35.5. The van der Waals surface area contributed by atoms with Crippen LogP contribution in [0.4, 0.5) is 4.39 Å². The minimum Gasteiger partial charge on any atom is -0.478 e. The van der Waals surface area contributed by atoms with E-state index in [1.54, 1.807) is 13.0 Å². The Kier molecular flexibility index (Phi) is 3.79. The van der Waals surface area contributed by atoms with Crippen LogP contribution in [0.3, 0.4) is 0 Å². The summed E-state index contributed by atoms with van der Waals surface area (Å²) in [6.07, 6.45) is 0. The topological polar surface area (TPSA) is 80.9 Å². The number of rotatable bonds is 3. The van der Waals surface area contributed by atoms with Gasteiger partial charge in [0, 0.05) is 5.56 Å². The molecule has 23 heavy (non-hydrogen) atoms. The molecule has 0 aliphatic rings. The Hall–Kier alpha value is -2.80. The van der Waals surface area contributed by atoms with Crippen LogP contribution < -0.4 is 0 Å². The fraction of sp³-hybridized carbons (Fsp3) is 0.0667. The van der Waals surface area contributed by atoms with Crippen LogP contribution in [0, 0.1) is 12.7 Å². The van der Waals surface area contributed by atoms with Crippen molar-refractivity contribution in [3.63, 3.8) is 0 Å². The van der Waals surface area contributed by atoms with Gasteiger partial charge in [-0.2, -0.15) is 4.68 Å². The van der Waals surface area contributed by atoms with Gasteiger partial charge in [0.1, 0.15) is 5.82 Å². The molecular formula is C15H10ClFN4O2. The molecule has 116 valence electrons. The Morgan fingerprint density at radius 2 is 2.04 bits per heavy atom. The van der Waals surface area contributed by atoms with Crippen molar-refractivity contribution < 1.29 is 14.3 Å². The highest BCUT2D eigenvalue weighted by Crippen LogP contribution is 2.31. The zero-order valence-corrected chi connectivity index (χ0v) is 12.6. The lowest BCUT2D eigenvalue weighted by atomic mass is 10.0. The van der Waals surface area contributed by atoms with Gasteiger partial charge in [0.05, 0.1) is 16.3 Å². The summed E-state index contributed by atoms with van der Waals surface area (Å²) in [5.74, 6) is -1.06. The van der Waals surface area contributed by atoms with Crippen molar-refractivity contribution in [2.45, 2.75) is 6.92 Å². The molecule has 1 aromatic heterocycles. The van der Waals surface area contributed by atoms with Crippen molar-refractivity contribution in [3.8, 4) is 16.8 Å². The molecule has 0 radical (unpaired) electrons. The summed E-state index contributed by atoms with van der Waals surface area (Å²) in [4.78, 5) is 11.4. The van der Waals surface area contributed by atoms with E-state index in [-0.39, 0.29) is 10.6 Å². The van der Waals surface area contributed by atoms with Crippen LogP contribution in [-0.2, 0) is 0 Å². The molecule has 0 saturated heterocycles. The standard InChI is InChI=1S/C15H10ClFN4O2/c1-8-18-19-20-21(8)12-5-9(4-10(6-12)15(22)23)13-3-2-11(17)7-14(13)16/h2-7H,1H3,(H,22,23). The van der Waals surface area contributed by atoms with E-state index in [4.69, 9.17) is 11.6 Å². The first kappa shape index (κ1) is 15.1. The summed E-state index contributed by atoms with van der Waals surface area (Å²) in [5.41, 5.74) is 1.57. The zero-order valence-electron chi connectivity index (χ0n) is 11.9. The number of carboxylic acid groups (broad SMARTS) is 1. The van der Waals surface area contributed by atoms with Gasteiger partial charge in [0.2, 0.25) is 0 Å². The SMILES string of the molecule is Cc1nnnn1-c1cc(C(=O)O)cc(-c2ccc(F)cc2Cl)c1. The van der Waals surface area contributed by atoms with Crippen molar-refractivity contribution >= 4 is 17.6 Å². The number of tetrazole rings is 1. The molecule has 6 nitrogen and oxygen atoms in total. The summed E-state index contributed by atoms with van der Waals surface area (Å²) >= 11 is 6.07. The Morgan fingerprint density at radius 1 is 1.26 bits per heavy atom. The Balaban J connectivity index is 2.23. The molecule has 8 heteroatoms. The summed E-state index contributed by atoms with van der Waals surface area (Å²) in [6, 6.07) is 8.53. The van der Waals surface area contributed by atoms with Gasteiger partial charge in [-0.3, -0.25) is 0 Å². The van der Waals surface area contributed by atoms with Gasteiger partial charge in [-0.05, 0) is 59.3 Å². The molecule has 1 N–H and O–H groups in total. The summed E-state index contributed by atoms with van der Waals surface area (Å²) in [5, 5.41) is 20.6. The lowest BCUT2D eigenvalue weighted by molar-refractivity contribution is 0.0697. The molecule has 0 amide bonds. The molecule has 3 aromatic rings. The van der Waals surface area contributed by atoms with Crippen LogP contribution in [0.5, 0.6) is 0 Å². The number of nitrogens with zero attached hydrogens (tertiary/aromatic N) is 4.